The molecule has 10 rings (SSSR count). The number of furan rings is 1. The molecule has 3 nitrogen and oxygen atoms in total. The molecular formula is C48H32N2O. The maximum Gasteiger partial charge on any atom is 0.143 e. The number of hydrogen-bond acceptors (Lipinski definition) is 2. The number of rotatable bonds is 6. The number of fused-ring (bicyclic) bond motifs is 6. The van der Waals surface area contributed by atoms with Crippen LogP contribution in [-0.2, 0) is 0 Å². The fourth-order valence-corrected chi connectivity index (χ4v) is 7.68. The Morgan fingerprint density at radius 3 is 1.69 bits per heavy atom. The second-order valence-electron chi connectivity index (χ2n) is 12.9. The highest BCUT2D eigenvalue weighted by atomic mass is 16.3. The van der Waals surface area contributed by atoms with E-state index in [1.54, 1.807) is 0 Å². The zero-order valence-electron chi connectivity index (χ0n) is 27.8. The van der Waals surface area contributed by atoms with E-state index in [2.05, 4.69) is 198 Å². The van der Waals surface area contributed by atoms with Crippen molar-refractivity contribution in [1.82, 2.24) is 4.57 Å². The second-order valence-corrected chi connectivity index (χ2v) is 12.9. The zero-order chi connectivity index (χ0) is 33.7. The summed E-state index contributed by atoms with van der Waals surface area (Å²) in [6.45, 7) is 0. The summed E-state index contributed by atoms with van der Waals surface area (Å²) in [5, 5.41) is 4.70. The lowest BCUT2D eigenvalue weighted by atomic mass is 9.98. The molecule has 3 heteroatoms. The molecule has 0 saturated carbocycles. The van der Waals surface area contributed by atoms with Crippen LogP contribution in [0, 0.1) is 0 Å². The van der Waals surface area contributed by atoms with Gasteiger partial charge in [-0.25, -0.2) is 0 Å². The van der Waals surface area contributed by atoms with Gasteiger partial charge in [0.1, 0.15) is 11.2 Å². The van der Waals surface area contributed by atoms with Crippen LogP contribution in [0.4, 0.5) is 17.1 Å². The molecule has 0 saturated heterocycles. The van der Waals surface area contributed by atoms with Gasteiger partial charge in [0, 0.05) is 49.7 Å². The SMILES string of the molecule is c1ccc(-c2ccccc2N(c2ccccc2)c2cc(-c3ccc(-n4c5ccccc5c5ccccc54)cc3)c3oc4ccccc4c3c2)cc1. The van der Waals surface area contributed by atoms with Gasteiger partial charge < -0.3 is 13.9 Å². The fraction of sp³-hybridized carbons (Fsp3) is 0. The van der Waals surface area contributed by atoms with E-state index in [9.17, 15) is 0 Å². The van der Waals surface area contributed by atoms with Gasteiger partial charge in [-0.15, -0.1) is 0 Å². The van der Waals surface area contributed by atoms with Crippen molar-refractivity contribution < 1.29 is 4.42 Å². The van der Waals surface area contributed by atoms with Crippen molar-refractivity contribution in [2.45, 2.75) is 0 Å². The lowest BCUT2D eigenvalue weighted by Crippen LogP contribution is -2.11. The van der Waals surface area contributed by atoms with Gasteiger partial charge in [-0.3, -0.25) is 0 Å². The van der Waals surface area contributed by atoms with Gasteiger partial charge in [0.2, 0.25) is 0 Å². The molecule has 0 aliphatic carbocycles. The summed E-state index contributed by atoms with van der Waals surface area (Å²) in [6, 6.07) is 69.1. The Balaban J connectivity index is 1.20. The molecule has 51 heavy (non-hydrogen) atoms. The molecule has 2 heterocycles. The fourth-order valence-electron chi connectivity index (χ4n) is 7.68. The Morgan fingerprint density at radius 1 is 0.392 bits per heavy atom. The molecule has 8 aromatic carbocycles. The number of hydrogen-bond donors (Lipinski definition) is 0. The lowest BCUT2D eigenvalue weighted by Gasteiger charge is -2.28. The largest absolute Gasteiger partial charge is 0.455 e. The van der Waals surface area contributed by atoms with E-state index in [4.69, 9.17) is 4.42 Å². The summed E-state index contributed by atoms with van der Waals surface area (Å²) in [4.78, 5) is 2.37. The van der Waals surface area contributed by atoms with Gasteiger partial charge in [0.25, 0.3) is 0 Å². The molecule has 0 radical (unpaired) electrons. The highest BCUT2D eigenvalue weighted by molar-refractivity contribution is 6.12. The van der Waals surface area contributed by atoms with Crippen molar-refractivity contribution in [3.05, 3.63) is 194 Å². The van der Waals surface area contributed by atoms with E-state index in [-0.39, 0.29) is 0 Å². The summed E-state index contributed by atoms with van der Waals surface area (Å²) in [7, 11) is 0. The van der Waals surface area contributed by atoms with Gasteiger partial charge in [-0.2, -0.15) is 0 Å². The van der Waals surface area contributed by atoms with E-state index in [0.29, 0.717) is 0 Å². The van der Waals surface area contributed by atoms with Crippen LogP contribution < -0.4 is 4.90 Å². The molecule has 0 N–H and O–H groups in total. The Labute approximate surface area is 295 Å². The number of para-hydroxylation sites is 5. The van der Waals surface area contributed by atoms with Gasteiger partial charge in [0.05, 0.1) is 16.7 Å². The first-order valence-electron chi connectivity index (χ1n) is 17.4. The quantitative estimate of drug-likeness (QED) is 0.178. The summed E-state index contributed by atoms with van der Waals surface area (Å²) in [6.07, 6.45) is 0. The first kappa shape index (κ1) is 29.1. The number of aromatic nitrogens is 1. The minimum Gasteiger partial charge on any atom is -0.455 e. The number of benzene rings is 8. The van der Waals surface area contributed by atoms with Gasteiger partial charge in [0.15, 0.2) is 0 Å². The van der Waals surface area contributed by atoms with E-state index in [0.717, 1.165) is 61.4 Å². The molecule has 0 amide bonds. The Morgan fingerprint density at radius 2 is 0.961 bits per heavy atom. The molecule has 0 spiro atoms. The maximum absolute atomic E-state index is 6.67. The molecule has 2 aromatic heterocycles. The van der Waals surface area contributed by atoms with Gasteiger partial charge >= 0.3 is 0 Å². The first-order chi connectivity index (χ1) is 25.3. The lowest BCUT2D eigenvalue weighted by molar-refractivity contribution is 0.670. The van der Waals surface area contributed by atoms with Crippen molar-refractivity contribution in [2.75, 3.05) is 4.90 Å². The third-order valence-corrected chi connectivity index (χ3v) is 9.98. The van der Waals surface area contributed by atoms with E-state index < -0.39 is 0 Å². The Kier molecular flexibility index (Phi) is 6.81. The van der Waals surface area contributed by atoms with Gasteiger partial charge in [-0.1, -0.05) is 133 Å². The van der Waals surface area contributed by atoms with Crippen molar-refractivity contribution >= 4 is 60.8 Å². The maximum atomic E-state index is 6.67. The molecule has 0 bridgehead atoms. The molecule has 10 aromatic rings. The van der Waals surface area contributed by atoms with Crippen LogP contribution in [0.5, 0.6) is 0 Å². The predicted molar refractivity (Wildman–Crippen MR) is 214 cm³/mol. The minimum absolute atomic E-state index is 0.878. The second kappa shape index (κ2) is 11.9. The topological polar surface area (TPSA) is 21.3 Å². The standard InChI is InChI=1S/C48H32N2O/c1-3-15-33(16-4-1)38-19-7-11-23-44(38)49(35-17-5-2-6-18-35)37-31-42(48-43(32-37)41-22-10-14-26-47(41)51-48)34-27-29-36(30-28-34)50-45-24-12-8-20-39(45)40-21-9-13-25-46(40)50/h1-32H. The average Bonchev–Trinajstić information content (AvgIpc) is 3.75. The van der Waals surface area contributed by atoms with E-state index in [1.807, 2.05) is 6.07 Å². The summed E-state index contributed by atoms with van der Waals surface area (Å²) in [5.41, 5.74) is 13.0. The summed E-state index contributed by atoms with van der Waals surface area (Å²) in [5.74, 6) is 0. The molecular weight excluding hydrogens is 621 g/mol. The highest BCUT2D eigenvalue weighted by Crippen LogP contribution is 2.46. The van der Waals surface area contributed by atoms with Crippen LogP contribution in [0.3, 0.4) is 0 Å². The number of nitrogens with zero attached hydrogens (tertiary/aromatic N) is 2. The minimum atomic E-state index is 0.878. The van der Waals surface area contributed by atoms with Crippen LogP contribution in [0.25, 0.3) is 71.7 Å². The van der Waals surface area contributed by atoms with Crippen molar-refractivity contribution in [3.63, 3.8) is 0 Å². The zero-order valence-corrected chi connectivity index (χ0v) is 27.8. The van der Waals surface area contributed by atoms with Crippen LogP contribution >= 0.6 is 0 Å². The molecule has 0 aliphatic heterocycles. The van der Waals surface area contributed by atoms with Crippen LogP contribution in [0.15, 0.2) is 199 Å². The van der Waals surface area contributed by atoms with E-state index >= 15 is 0 Å². The molecule has 240 valence electrons. The van der Waals surface area contributed by atoms with Crippen LogP contribution in [-0.4, -0.2) is 4.57 Å². The first-order valence-corrected chi connectivity index (χ1v) is 17.4. The third-order valence-electron chi connectivity index (χ3n) is 9.98. The van der Waals surface area contributed by atoms with Gasteiger partial charge in [-0.05, 0) is 71.8 Å². The normalized spacial score (nSPS) is 11.5. The third kappa shape index (κ3) is 4.82. The smallest absolute Gasteiger partial charge is 0.143 e. The van der Waals surface area contributed by atoms with Crippen molar-refractivity contribution in [3.8, 4) is 27.9 Å². The Bertz CT molecular complexity index is 2790. The molecule has 0 unspecified atom stereocenters. The monoisotopic (exact) mass is 652 g/mol. The van der Waals surface area contributed by atoms with E-state index in [1.165, 1.54) is 27.4 Å². The molecule has 0 atom stereocenters. The molecule has 0 fully saturated rings. The Hall–Kier alpha value is -6.84. The van der Waals surface area contributed by atoms with Crippen LogP contribution in [0.2, 0.25) is 0 Å². The average molecular weight is 653 g/mol. The summed E-state index contributed by atoms with van der Waals surface area (Å²) >= 11 is 0. The highest BCUT2D eigenvalue weighted by Gasteiger charge is 2.22. The number of anilines is 3. The van der Waals surface area contributed by atoms with Crippen molar-refractivity contribution in [2.24, 2.45) is 0 Å². The van der Waals surface area contributed by atoms with Crippen molar-refractivity contribution in [1.29, 1.82) is 0 Å². The molecule has 0 aliphatic rings. The van der Waals surface area contributed by atoms with Crippen LogP contribution in [0.1, 0.15) is 0 Å². The summed E-state index contributed by atoms with van der Waals surface area (Å²) < 4.78 is 9.03. The predicted octanol–water partition coefficient (Wildman–Crippen LogP) is 13.5.